The van der Waals surface area contributed by atoms with E-state index in [1.807, 2.05) is 31.2 Å². The number of hydrogen-bond acceptors (Lipinski definition) is 4. The van der Waals surface area contributed by atoms with Crippen molar-refractivity contribution in [1.82, 2.24) is 5.32 Å². The van der Waals surface area contributed by atoms with Crippen molar-refractivity contribution in [2.45, 2.75) is 13.0 Å². The number of benzene rings is 1. The van der Waals surface area contributed by atoms with Crippen molar-refractivity contribution in [3.8, 4) is 5.75 Å². The van der Waals surface area contributed by atoms with E-state index in [9.17, 15) is 8.42 Å². The molecular weight excluding hydrogens is 240 g/mol. The van der Waals surface area contributed by atoms with E-state index < -0.39 is 10.0 Å². The molecule has 0 heterocycles. The number of sulfonamides is 1. The fourth-order valence-corrected chi connectivity index (χ4v) is 1.95. The van der Waals surface area contributed by atoms with Gasteiger partial charge in [0.15, 0.2) is 0 Å². The second-order valence-electron chi connectivity index (χ2n) is 3.78. The first-order valence-electron chi connectivity index (χ1n) is 5.31. The first-order valence-corrected chi connectivity index (χ1v) is 7.02. The molecular formula is C11H18N2O3S. The van der Waals surface area contributed by atoms with Crippen LogP contribution in [0.25, 0.3) is 0 Å². The summed E-state index contributed by atoms with van der Waals surface area (Å²) in [6.07, 6.45) is 0. The molecule has 1 aromatic rings. The van der Waals surface area contributed by atoms with Gasteiger partial charge < -0.3 is 10.1 Å². The number of primary sulfonamides is 1. The molecule has 0 aliphatic rings. The number of rotatable bonds is 6. The number of nitrogens with one attached hydrogen (secondary N) is 1. The SMILES string of the molecule is COc1ccccc1C(C)NCCS(N)(=O)=O. The van der Waals surface area contributed by atoms with Crippen molar-refractivity contribution in [3.05, 3.63) is 29.8 Å². The fourth-order valence-electron chi connectivity index (χ4n) is 1.55. The van der Waals surface area contributed by atoms with Crippen LogP contribution in [0.5, 0.6) is 5.75 Å². The molecule has 1 rings (SSSR count). The molecule has 96 valence electrons. The summed E-state index contributed by atoms with van der Waals surface area (Å²) in [7, 11) is -1.80. The van der Waals surface area contributed by atoms with E-state index in [2.05, 4.69) is 5.32 Å². The predicted molar refractivity (Wildman–Crippen MR) is 67.4 cm³/mol. The Balaban J connectivity index is 2.61. The Hall–Kier alpha value is -1.11. The molecule has 0 fully saturated rings. The fraction of sp³-hybridized carbons (Fsp3) is 0.455. The minimum atomic E-state index is -3.41. The lowest BCUT2D eigenvalue weighted by Gasteiger charge is -2.16. The first kappa shape index (κ1) is 14.0. The lowest BCUT2D eigenvalue weighted by atomic mass is 10.1. The molecule has 0 saturated heterocycles. The average Bonchev–Trinajstić information content (AvgIpc) is 2.27. The molecule has 0 aromatic heterocycles. The molecule has 6 heteroatoms. The van der Waals surface area contributed by atoms with Gasteiger partial charge in [-0.1, -0.05) is 18.2 Å². The topological polar surface area (TPSA) is 81.4 Å². The maximum atomic E-state index is 10.8. The van der Waals surface area contributed by atoms with Gasteiger partial charge >= 0.3 is 0 Å². The Morgan fingerprint density at radius 1 is 1.41 bits per heavy atom. The van der Waals surface area contributed by atoms with Gasteiger partial charge in [-0.3, -0.25) is 0 Å². The van der Waals surface area contributed by atoms with Gasteiger partial charge in [0.2, 0.25) is 10.0 Å². The molecule has 1 atom stereocenters. The molecule has 0 aliphatic heterocycles. The van der Waals surface area contributed by atoms with Crippen molar-refractivity contribution >= 4 is 10.0 Å². The van der Waals surface area contributed by atoms with E-state index in [0.29, 0.717) is 6.54 Å². The average molecular weight is 258 g/mol. The summed E-state index contributed by atoms with van der Waals surface area (Å²) >= 11 is 0. The predicted octanol–water partition coefficient (Wildman–Crippen LogP) is 0.634. The Kier molecular flexibility index (Phi) is 4.92. The molecule has 0 spiro atoms. The number of hydrogen-bond donors (Lipinski definition) is 2. The third kappa shape index (κ3) is 4.72. The maximum Gasteiger partial charge on any atom is 0.210 e. The summed E-state index contributed by atoms with van der Waals surface area (Å²) in [6, 6.07) is 7.61. The molecule has 0 amide bonds. The zero-order valence-corrected chi connectivity index (χ0v) is 10.8. The van der Waals surface area contributed by atoms with Gasteiger partial charge in [-0.2, -0.15) is 0 Å². The number of ether oxygens (including phenoxy) is 1. The normalized spacial score (nSPS) is 13.4. The zero-order valence-electron chi connectivity index (χ0n) is 10.0. The highest BCUT2D eigenvalue weighted by atomic mass is 32.2. The molecule has 3 N–H and O–H groups in total. The van der Waals surface area contributed by atoms with Crippen LogP contribution in [0, 0.1) is 0 Å². The van der Waals surface area contributed by atoms with Crippen LogP contribution < -0.4 is 15.2 Å². The monoisotopic (exact) mass is 258 g/mol. The van der Waals surface area contributed by atoms with Crippen molar-refractivity contribution in [2.75, 3.05) is 19.4 Å². The van der Waals surface area contributed by atoms with Crippen LogP contribution in [0.3, 0.4) is 0 Å². The van der Waals surface area contributed by atoms with E-state index in [-0.39, 0.29) is 11.8 Å². The van der Waals surface area contributed by atoms with Gasteiger partial charge in [-0.15, -0.1) is 0 Å². The summed E-state index contributed by atoms with van der Waals surface area (Å²) < 4.78 is 26.8. The number of nitrogens with two attached hydrogens (primary N) is 1. The number of para-hydroxylation sites is 1. The molecule has 0 aliphatic carbocycles. The van der Waals surface area contributed by atoms with Crippen LogP contribution in [0.2, 0.25) is 0 Å². The second-order valence-corrected chi connectivity index (χ2v) is 5.52. The highest BCUT2D eigenvalue weighted by Crippen LogP contribution is 2.23. The van der Waals surface area contributed by atoms with Crippen molar-refractivity contribution < 1.29 is 13.2 Å². The molecule has 17 heavy (non-hydrogen) atoms. The van der Waals surface area contributed by atoms with Crippen LogP contribution in [-0.4, -0.2) is 27.8 Å². The van der Waals surface area contributed by atoms with Gasteiger partial charge in [0.25, 0.3) is 0 Å². The molecule has 1 aromatic carbocycles. The summed E-state index contributed by atoms with van der Waals surface area (Å²) in [6.45, 7) is 2.26. The van der Waals surface area contributed by atoms with E-state index in [0.717, 1.165) is 11.3 Å². The highest BCUT2D eigenvalue weighted by molar-refractivity contribution is 7.89. The third-order valence-electron chi connectivity index (χ3n) is 2.44. The van der Waals surface area contributed by atoms with Crippen molar-refractivity contribution in [3.63, 3.8) is 0 Å². The number of methoxy groups -OCH3 is 1. The summed E-state index contributed by atoms with van der Waals surface area (Å²) in [5.74, 6) is 0.704. The van der Waals surface area contributed by atoms with Gasteiger partial charge in [0, 0.05) is 18.2 Å². The minimum Gasteiger partial charge on any atom is -0.496 e. The van der Waals surface area contributed by atoms with Gasteiger partial charge in [0.05, 0.1) is 12.9 Å². The minimum absolute atomic E-state index is 0.00731. The van der Waals surface area contributed by atoms with E-state index >= 15 is 0 Å². The second kappa shape index (κ2) is 6.00. The van der Waals surface area contributed by atoms with E-state index in [1.54, 1.807) is 7.11 Å². The molecule has 5 nitrogen and oxygen atoms in total. The highest BCUT2D eigenvalue weighted by Gasteiger charge is 2.11. The molecule has 0 saturated carbocycles. The zero-order chi connectivity index (χ0) is 12.9. The van der Waals surface area contributed by atoms with Crippen molar-refractivity contribution in [2.24, 2.45) is 5.14 Å². The van der Waals surface area contributed by atoms with Crippen LogP contribution in [0.1, 0.15) is 18.5 Å². The molecule has 0 bridgehead atoms. The third-order valence-corrected chi connectivity index (χ3v) is 3.22. The lowest BCUT2D eigenvalue weighted by Crippen LogP contribution is -2.29. The molecule has 0 radical (unpaired) electrons. The Morgan fingerprint density at radius 3 is 2.65 bits per heavy atom. The standard InChI is InChI=1S/C11H18N2O3S/c1-9(13-7-8-17(12,14)15)10-5-3-4-6-11(10)16-2/h3-6,9,13H,7-8H2,1-2H3,(H2,12,14,15). The largest absolute Gasteiger partial charge is 0.496 e. The van der Waals surface area contributed by atoms with E-state index in [1.165, 1.54) is 0 Å². The Morgan fingerprint density at radius 2 is 2.06 bits per heavy atom. The Bertz CT molecular complexity index is 460. The summed E-state index contributed by atoms with van der Waals surface area (Å²) in [5.41, 5.74) is 0.990. The van der Waals surface area contributed by atoms with Gasteiger partial charge in [-0.25, -0.2) is 13.6 Å². The summed E-state index contributed by atoms with van der Waals surface area (Å²) in [4.78, 5) is 0. The van der Waals surface area contributed by atoms with E-state index in [4.69, 9.17) is 9.88 Å². The van der Waals surface area contributed by atoms with Crippen LogP contribution in [-0.2, 0) is 10.0 Å². The maximum absolute atomic E-state index is 10.8. The van der Waals surface area contributed by atoms with Crippen LogP contribution in [0.4, 0.5) is 0 Å². The smallest absolute Gasteiger partial charge is 0.210 e. The van der Waals surface area contributed by atoms with Crippen LogP contribution in [0.15, 0.2) is 24.3 Å². The van der Waals surface area contributed by atoms with Crippen LogP contribution >= 0.6 is 0 Å². The van der Waals surface area contributed by atoms with Gasteiger partial charge in [-0.05, 0) is 13.0 Å². The molecule has 1 unspecified atom stereocenters. The first-order chi connectivity index (χ1) is 7.94. The summed E-state index contributed by atoms with van der Waals surface area (Å²) in [5, 5.41) is 8.01. The Labute approximate surface area is 102 Å². The quantitative estimate of drug-likeness (QED) is 0.784. The van der Waals surface area contributed by atoms with Gasteiger partial charge in [0.1, 0.15) is 5.75 Å². The van der Waals surface area contributed by atoms with Crippen molar-refractivity contribution in [1.29, 1.82) is 0 Å². The lowest BCUT2D eigenvalue weighted by molar-refractivity contribution is 0.402.